The summed E-state index contributed by atoms with van der Waals surface area (Å²) in [5.74, 6) is 0.790. The predicted octanol–water partition coefficient (Wildman–Crippen LogP) is 3.91. The zero-order valence-corrected chi connectivity index (χ0v) is 11.3. The maximum absolute atomic E-state index is 11.7. The van der Waals surface area contributed by atoms with Gasteiger partial charge in [0.15, 0.2) is 0 Å². The minimum atomic E-state index is -0.807. The zero-order chi connectivity index (χ0) is 14.1. The minimum Gasteiger partial charge on any atom is -0.481 e. The molecule has 20 heavy (non-hydrogen) atoms. The molecule has 0 amide bonds. The molecular weight excluding hydrogens is 256 g/mol. The van der Waals surface area contributed by atoms with Crippen molar-refractivity contribution in [2.45, 2.75) is 32.1 Å². The first-order chi connectivity index (χ1) is 9.51. The monoisotopic (exact) mass is 270 g/mol. The van der Waals surface area contributed by atoms with E-state index in [2.05, 4.69) is 0 Å². The number of hydrogen-bond donors (Lipinski definition) is 1. The molecule has 2 aromatic heterocycles. The molecule has 0 spiro atoms. The van der Waals surface area contributed by atoms with E-state index < -0.39 is 11.4 Å². The third-order valence-electron chi connectivity index (χ3n) is 4.19. The number of fused-ring (bicyclic) bond motifs is 2. The summed E-state index contributed by atoms with van der Waals surface area (Å²) in [6.07, 6.45) is 1.31. The normalized spacial score (nSPS) is 16.9. The number of aryl methyl sites for hydroxylation is 2. The molecule has 0 atom stereocenters. The van der Waals surface area contributed by atoms with E-state index in [-0.39, 0.29) is 0 Å². The molecule has 4 heteroatoms. The number of benzene rings is 1. The van der Waals surface area contributed by atoms with E-state index in [9.17, 15) is 9.90 Å². The maximum Gasteiger partial charge on any atom is 0.314 e. The highest BCUT2D eigenvalue weighted by Crippen LogP contribution is 2.53. The van der Waals surface area contributed by atoms with Gasteiger partial charge >= 0.3 is 5.97 Å². The fourth-order valence-electron chi connectivity index (χ4n) is 3.11. The van der Waals surface area contributed by atoms with Gasteiger partial charge in [-0.3, -0.25) is 4.79 Å². The summed E-state index contributed by atoms with van der Waals surface area (Å²) in [5.41, 5.74) is 1.40. The van der Waals surface area contributed by atoms with Crippen molar-refractivity contribution in [1.29, 1.82) is 0 Å². The summed E-state index contributed by atoms with van der Waals surface area (Å²) in [4.78, 5) is 11.7. The van der Waals surface area contributed by atoms with Crippen molar-refractivity contribution in [2.24, 2.45) is 0 Å². The molecule has 0 unspecified atom stereocenters. The standard InChI is InChI=1S/C16H14O4/c1-8-5-10-7-12-11(6-9(2)19-12)13(14(10)20-8)16(3-4-16)15(17)18/h5-7H,3-4H2,1-2H3,(H,17,18). The van der Waals surface area contributed by atoms with Gasteiger partial charge in [-0.15, -0.1) is 0 Å². The van der Waals surface area contributed by atoms with Crippen LogP contribution in [0, 0.1) is 13.8 Å². The van der Waals surface area contributed by atoms with Crippen molar-refractivity contribution < 1.29 is 18.7 Å². The molecule has 4 rings (SSSR count). The van der Waals surface area contributed by atoms with E-state index in [4.69, 9.17) is 8.83 Å². The molecule has 2 heterocycles. The second-order valence-electron chi connectivity index (χ2n) is 5.68. The average Bonchev–Trinajstić information content (AvgIpc) is 2.96. The Balaban J connectivity index is 2.19. The Labute approximate surface area is 115 Å². The number of carboxylic acid groups (broad SMARTS) is 1. The summed E-state index contributed by atoms with van der Waals surface area (Å²) < 4.78 is 11.5. The van der Waals surface area contributed by atoms with Gasteiger partial charge in [-0.1, -0.05) is 0 Å². The van der Waals surface area contributed by atoms with Crippen LogP contribution in [0.15, 0.2) is 27.0 Å². The molecule has 0 bridgehead atoms. The lowest BCUT2D eigenvalue weighted by Crippen LogP contribution is -2.20. The number of carboxylic acids is 1. The lowest BCUT2D eigenvalue weighted by molar-refractivity contribution is -0.139. The van der Waals surface area contributed by atoms with E-state index in [1.165, 1.54) is 0 Å². The number of rotatable bonds is 2. The summed E-state index contributed by atoms with van der Waals surface area (Å²) in [7, 11) is 0. The van der Waals surface area contributed by atoms with Crippen LogP contribution in [0.3, 0.4) is 0 Å². The number of carbonyl (C=O) groups is 1. The molecule has 4 nitrogen and oxygen atoms in total. The van der Waals surface area contributed by atoms with Crippen LogP contribution in [0.25, 0.3) is 21.9 Å². The predicted molar refractivity (Wildman–Crippen MR) is 74.0 cm³/mol. The molecule has 1 fully saturated rings. The second-order valence-corrected chi connectivity index (χ2v) is 5.68. The van der Waals surface area contributed by atoms with Crippen molar-refractivity contribution in [2.75, 3.05) is 0 Å². The lowest BCUT2D eigenvalue weighted by atomic mass is 9.91. The molecule has 0 saturated heterocycles. The molecule has 102 valence electrons. The Kier molecular flexibility index (Phi) is 2.00. The largest absolute Gasteiger partial charge is 0.481 e. The van der Waals surface area contributed by atoms with Crippen molar-refractivity contribution >= 4 is 27.9 Å². The molecule has 1 aliphatic rings. The summed E-state index contributed by atoms with van der Waals surface area (Å²) in [5, 5.41) is 11.4. The fraction of sp³-hybridized carbons (Fsp3) is 0.312. The summed E-state index contributed by atoms with van der Waals surface area (Å²) in [6.45, 7) is 3.74. The third kappa shape index (κ3) is 1.33. The van der Waals surface area contributed by atoms with Crippen LogP contribution >= 0.6 is 0 Å². The number of hydrogen-bond acceptors (Lipinski definition) is 3. The van der Waals surface area contributed by atoms with Crippen molar-refractivity contribution in [3.8, 4) is 0 Å². The van der Waals surface area contributed by atoms with Gasteiger partial charge < -0.3 is 13.9 Å². The van der Waals surface area contributed by atoms with Gasteiger partial charge in [0, 0.05) is 16.3 Å². The molecule has 0 radical (unpaired) electrons. The molecule has 1 aliphatic carbocycles. The third-order valence-corrected chi connectivity index (χ3v) is 4.19. The highest BCUT2D eigenvalue weighted by molar-refractivity contribution is 6.04. The van der Waals surface area contributed by atoms with Crippen LogP contribution < -0.4 is 0 Å². The molecule has 3 aromatic rings. The second kappa shape index (κ2) is 3.45. The van der Waals surface area contributed by atoms with Gasteiger partial charge in [0.05, 0.1) is 5.41 Å². The SMILES string of the molecule is Cc1cc2c(C3(C(=O)O)CC3)c3oc(C)cc3cc2o1. The van der Waals surface area contributed by atoms with E-state index in [1.54, 1.807) is 0 Å². The quantitative estimate of drug-likeness (QED) is 0.766. The van der Waals surface area contributed by atoms with Crippen LogP contribution in [0.1, 0.15) is 29.9 Å². The summed E-state index contributed by atoms with van der Waals surface area (Å²) in [6, 6.07) is 5.76. The topological polar surface area (TPSA) is 63.6 Å². The average molecular weight is 270 g/mol. The fourth-order valence-corrected chi connectivity index (χ4v) is 3.11. The molecule has 1 aromatic carbocycles. The first-order valence-corrected chi connectivity index (χ1v) is 6.68. The molecule has 0 aliphatic heterocycles. The smallest absolute Gasteiger partial charge is 0.314 e. The maximum atomic E-state index is 11.7. The Hall–Kier alpha value is -2.23. The van der Waals surface area contributed by atoms with E-state index >= 15 is 0 Å². The molecule has 1 N–H and O–H groups in total. The minimum absolute atomic E-state index is 0.653. The number of furan rings is 2. The first kappa shape index (κ1) is 11.6. The Morgan fingerprint density at radius 3 is 2.50 bits per heavy atom. The van der Waals surface area contributed by atoms with Gasteiger partial charge in [0.25, 0.3) is 0 Å². The van der Waals surface area contributed by atoms with Crippen LogP contribution in [0.5, 0.6) is 0 Å². The first-order valence-electron chi connectivity index (χ1n) is 6.68. The van der Waals surface area contributed by atoms with E-state index in [1.807, 2.05) is 32.0 Å². The zero-order valence-electron chi connectivity index (χ0n) is 11.3. The summed E-state index contributed by atoms with van der Waals surface area (Å²) >= 11 is 0. The van der Waals surface area contributed by atoms with Crippen LogP contribution in [0.2, 0.25) is 0 Å². The van der Waals surface area contributed by atoms with E-state index in [0.29, 0.717) is 18.4 Å². The van der Waals surface area contributed by atoms with Crippen molar-refractivity contribution in [1.82, 2.24) is 0 Å². The molecule has 1 saturated carbocycles. The van der Waals surface area contributed by atoms with E-state index in [0.717, 1.165) is 33.4 Å². The van der Waals surface area contributed by atoms with Crippen molar-refractivity contribution in [3.05, 3.63) is 35.3 Å². The molecular formula is C16H14O4. The van der Waals surface area contributed by atoms with Crippen LogP contribution in [-0.2, 0) is 10.2 Å². The Bertz CT molecular complexity index is 807. The van der Waals surface area contributed by atoms with Gasteiger partial charge in [-0.2, -0.15) is 0 Å². The van der Waals surface area contributed by atoms with Gasteiger partial charge in [-0.05, 0) is 44.9 Å². The van der Waals surface area contributed by atoms with Crippen LogP contribution in [-0.4, -0.2) is 11.1 Å². The number of aliphatic carboxylic acids is 1. The van der Waals surface area contributed by atoms with Crippen molar-refractivity contribution in [3.63, 3.8) is 0 Å². The Morgan fingerprint density at radius 1 is 1.15 bits per heavy atom. The Morgan fingerprint density at radius 2 is 1.85 bits per heavy atom. The van der Waals surface area contributed by atoms with Crippen LogP contribution in [0.4, 0.5) is 0 Å². The highest BCUT2D eigenvalue weighted by atomic mass is 16.4. The highest BCUT2D eigenvalue weighted by Gasteiger charge is 2.54. The van der Waals surface area contributed by atoms with Gasteiger partial charge in [0.2, 0.25) is 0 Å². The lowest BCUT2D eigenvalue weighted by Gasteiger charge is -2.11. The van der Waals surface area contributed by atoms with Gasteiger partial charge in [0.1, 0.15) is 22.7 Å². The van der Waals surface area contributed by atoms with Gasteiger partial charge in [-0.25, -0.2) is 0 Å².